The lowest BCUT2D eigenvalue weighted by Gasteiger charge is -2.42. The zero-order chi connectivity index (χ0) is 12.4. The van der Waals surface area contributed by atoms with Crippen molar-refractivity contribution in [3.05, 3.63) is 35.4 Å². The van der Waals surface area contributed by atoms with E-state index in [-0.39, 0.29) is 0 Å². The SMILES string of the molecule is Oc1cccc(/C=C2/CCCCC2N2CCC2)c1. The molecule has 0 spiro atoms. The van der Waals surface area contributed by atoms with Crippen LogP contribution in [0.3, 0.4) is 0 Å². The van der Waals surface area contributed by atoms with E-state index in [1.165, 1.54) is 45.2 Å². The highest BCUT2D eigenvalue weighted by Crippen LogP contribution is 2.32. The van der Waals surface area contributed by atoms with Crippen molar-refractivity contribution in [1.82, 2.24) is 4.90 Å². The molecule has 2 fully saturated rings. The van der Waals surface area contributed by atoms with Crippen molar-refractivity contribution in [2.45, 2.75) is 38.1 Å². The number of phenols is 1. The van der Waals surface area contributed by atoms with Crippen molar-refractivity contribution in [3.8, 4) is 5.75 Å². The molecule has 96 valence electrons. The summed E-state index contributed by atoms with van der Waals surface area (Å²) in [7, 11) is 0. The third kappa shape index (κ3) is 2.44. The minimum atomic E-state index is 0.362. The summed E-state index contributed by atoms with van der Waals surface area (Å²) in [5, 5.41) is 9.54. The molecule has 2 heteroatoms. The fraction of sp³-hybridized carbons (Fsp3) is 0.500. The summed E-state index contributed by atoms with van der Waals surface area (Å²) in [6.07, 6.45) is 8.85. The topological polar surface area (TPSA) is 23.5 Å². The lowest BCUT2D eigenvalue weighted by Crippen LogP contribution is -2.46. The van der Waals surface area contributed by atoms with Crippen molar-refractivity contribution >= 4 is 6.08 Å². The van der Waals surface area contributed by atoms with E-state index < -0.39 is 0 Å². The summed E-state index contributed by atoms with van der Waals surface area (Å²) in [5.41, 5.74) is 2.70. The minimum absolute atomic E-state index is 0.362. The number of phenolic OH excluding ortho intramolecular Hbond substituents is 1. The number of hydrogen-bond acceptors (Lipinski definition) is 2. The van der Waals surface area contributed by atoms with Gasteiger partial charge in [-0.3, -0.25) is 4.90 Å². The van der Waals surface area contributed by atoms with Gasteiger partial charge >= 0.3 is 0 Å². The molecule has 1 atom stereocenters. The Labute approximate surface area is 109 Å². The maximum atomic E-state index is 9.54. The molecule has 1 aromatic carbocycles. The van der Waals surface area contributed by atoms with Crippen LogP contribution in [0.25, 0.3) is 6.08 Å². The molecular formula is C16H21NO. The molecule has 2 aliphatic rings. The van der Waals surface area contributed by atoms with Crippen molar-refractivity contribution in [2.24, 2.45) is 0 Å². The number of hydrogen-bond donors (Lipinski definition) is 1. The average Bonchev–Trinajstić information content (AvgIpc) is 2.29. The predicted octanol–water partition coefficient (Wildman–Crippen LogP) is 3.42. The fourth-order valence-corrected chi connectivity index (χ4v) is 3.09. The van der Waals surface area contributed by atoms with Gasteiger partial charge < -0.3 is 5.11 Å². The van der Waals surface area contributed by atoms with Gasteiger partial charge in [-0.25, -0.2) is 0 Å². The largest absolute Gasteiger partial charge is 0.508 e. The Bertz CT molecular complexity index is 448. The second kappa shape index (κ2) is 5.15. The van der Waals surface area contributed by atoms with E-state index in [2.05, 4.69) is 17.0 Å². The number of benzene rings is 1. The second-order valence-electron chi connectivity index (χ2n) is 5.47. The Morgan fingerprint density at radius 1 is 1.17 bits per heavy atom. The average molecular weight is 243 g/mol. The molecule has 1 aliphatic heterocycles. The van der Waals surface area contributed by atoms with E-state index in [0.717, 1.165) is 5.56 Å². The monoisotopic (exact) mass is 243 g/mol. The van der Waals surface area contributed by atoms with Gasteiger partial charge in [-0.15, -0.1) is 0 Å². The van der Waals surface area contributed by atoms with E-state index in [9.17, 15) is 5.11 Å². The Morgan fingerprint density at radius 3 is 2.78 bits per heavy atom. The zero-order valence-electron chi connectivity index (χ0n) is 10.8. The van der Waals surface area contributed by atoms with Crippen molar-refractivity contribution < 1.29 is 5.11 Å². The molecule has 18 heavy (non-hydrogen) atoms. The van der Waals surface area contributed by atoms with E-state index in [1.807, 2.05) is 12.1 Å². The molecule has 1 N–H and O–H groups in total. The lowest BCUT2D eigenvalue weighted by atomic mass is 9.86. The molecule has 0 amide bonds. The van der Waals surface area contributed by atoms with Gasteiger partial charge in [0.05, 0.1) is 0 Å². The van der Waals surface area contributed by atoms with Gasteiger partial charge in [0.1, 0.15) is 5.75 Å². The summed E-state index contributed by atoms with van der Waals surface area (Å²) in [6, 6.07) is 8.25. The van der Waals surface area contributed by atoms with Gasteiger partial charge in [0, 0.05) is 6.04 Å². The third-order valence-corrected chi connectivity index (χ3v) is 4.17. The molecule has 0 radical (unpaired) electrons. The molecule has 1 saturated heterocycles. The number of aromatic hydroxyl groups is 1. The standard InChI is InChI=1S/C16H21NO/c18-15-7-3-5-13(12-15)11-14-6-1-2-8-16(14)17-9-4-10-17/h3,5,7,11-12,16,18H,1-2,4,6,8-10H2/b14-11-. The summed E-state index contributed by atoms with van der Waals surface area (Å²) >= 11 is 0. The maximum absolute atomic E-state index is 9.54. The summed E-state index contributed by atoms with van der Waals surface area (Å²) in [4.78, 5) is 2.60. The minimum Gasteiger partial charge on any atom is -0.508 e. The van der Waals surface area contributed by atoms with E-state index >= 15 is 0 Å². The van der Waals surface area contributed by atoms with E-state index in [0.29, 0.717) is 11.8 Å². The molecule has 1 saturated carbocycles. The van der Waals surface area contributed by atoms with Crippen molar-refractivity contribution in [3.63, 3.8) is 0 Å². The van der Waals surface area contributed by atoms with Crippen LogP contribution in [0, 0.1) is 0 Å². The van der Waals surface area contributed by atoms with Gasteiger partial charge in [-0.1, -0.05) is 30.2 Å². The van der Waals surface area contributed by atoms with Crippen LogP contribution in [0.2, 0.25) is 0 Å². The molecule has 0 aromatic heterocycles. The summed E-state index contributed by atoms with van der Waals surface area (Å²) in [6.45, 7) is 2.53. The zero-order valence-corrected chi connectivity index (χ0v) is 10.8. The van der Waals surface area contributed by atoms with Gasteiger partial charge in [0.25, 0.3) is 0 Å². The Balaban J connectivity index is 1.82. The maximum Gasteiger partial charge on any atom is 0.116 e. The summed E-state index contributed by atoms with van der Waals surface area (Å²) < 4.78 is 0. The van der Waals surface area contributed by atoms with Crippen LogP contribution >= 0.6 is 0 Å². The first-order valence-electron chi connectivity index (χ1n) is 7.06. The molecule has 1 aromatic rings. The van der Waals surface area contributed by atoms with Crippen LogP contribution in [0.5, 0.6) is 5.75 Å². The fourth-order valence-electron chi connectivity index (χ4n) is 3.09. The second-order valence-corrected chi connectivity index (χ2v) is 5.47. The number of nitrogens with zero attached hydrogens (tertiary/aromatic N) is 1. The molecule has 1 aliphatic carbocycles. The van der Waals surface area contributed by atoms with Gasteiger partial charge in [-0.05, 0) is 56.5 Å². The van der Waals surface area contributed by atoms with Crippen molar-refractivity contribution in [2.75, 3.05) is 13.1 Å². The highest BCUT2D eigenvalue weighted by molar-refractivity contribution is 5.56. The molecule has 0 bridgehead atoms. The molecule has 1 heterocycles. The van der Waals surface area contributed by atoms with Crippen LogP contribution < -0.4 is 0 Å². The van der Waals surface area contributed by atoms with Gasteiger partial charge in [-0.2, -0.15) is 0 Å². The van der Waals surface area contributed by atoms with Crippen molar-refractivity contribution in [1.29, 1.82) is 0 Å². The van der Waals surface area contributed by atoms with Gasteiger partial charge in [0.15, 0.2) is 0 Å². The number of rotatable bonds is 2. The normalized spacial score (nSPS) is 27.1. The first-order chi connectivity index (χ1) is 8.83. The van der Waals surface area contributed by atoms with Crippen LogP contribution in [-0.2, 0) is 0 Å². The molecule has 1 unspecified atom stereocenters. The quantitative estimate of drug-likeness (QED) is 0.860. The first-order valence-corrected chi connectivity index (χ1v) is 7.06. The smallest absolute Gasteiger partial charge is 0.116 e. The van der Waals surface area contributed by atoms with Gasteiger partial charge in [0.2, 0.25) is 0 Å². The Hall–Kier alpha value is -1.28. The first kappa shape index (κ1) is 11.8. The summed E-state index contributed by atoms with van der Waals surface area (Å²) in [5.74, 6) is 0.362. The van der Waals surface area contributed by atoms with Crippen LogP contribution in [0.4, 0.5) is 0 Å². The predicted molar refractivity (Wildman–Crippen MR) is 74.5 cm³/mol. The molecule has 2 nitrogen and oxygen atoms in total. The Morgan fingerprint density at radius 2 is 2.06 bits per heavy atom. The molecule has 3 rings (SSSR count). The highest BCUT2D eigenvalue weighted by Gasteiger charge is 2.28. The third-order valence-electron chi connectivity index (χ3n) is 4.17. The molecular weight excluding hydrogens is 222 g/mol. The van der Waals surface area contributed by atoms with Crippen LogP contribution in [-0.4, -0.2) is 29.1 Å². The van der Waals surface area contributed by atoms with Crippen LogP contribution in [0.1, 0.15) is 37.7 Å². The van der Waals surface area contributed by atoms with E-state index in [4.69, 9.17) is 0 Å². The van der Waals surface area contributed by atoms with Crippen LogP contribution in [0.15, 0.2) is 29.8 Å². The Kier molecular flexibility index (Phi) is 3.37. The van der Waals surface area contributed by atoms with E-state index in [1.54, 1.807) is 11.6 Å². The number of likely N-dealkylation sites (tertiary alicyclic amines) is 1. The highest BCUT2D eigenvalue weighted by atomic mass is 16.3. The lowest BCUT2D eigenvalue weighted by molar-refractivity contribution is 0.121.